The fraction of sp³-hybridized carbons (Fsp3) is 0.385. The molecule has 0 fully saturated rings. The van der Waals surface area contributed by atoms with Gasteiger partial charge in [0.25, 0.3) is 0 Å². The lowest BCUT2D eigenvalue weighted by molar-refractivity contribution is -0.113. The number of methoxy groups -OCH3 is 1. The molecule has 3 aromatic rings. The average molecular weight is 527 g/mol. The van der Waals surface area contributed by atoms with E-state index in [9.17, 15) is 9.59 Å². The van der Waals surface area contributed by atoms with E-state index in [-0.39, 0.29) is 18.3 Å². The van der Waals surface area contributed by atoms with E-state index >= 15 is 0 Å². The molecule has 10 heteroatoms. The Balaban J connectivity index is 1.43. The number of carbonyl (C=O) groups excluding carboxylic acids is 2. The summed E-state index contributed by atoms with van der Waals surface area (Å²) in [6.45, 7) is 8.63. The van der Waals surface area contributed by atoms with Crippen LogP contribution in [-0.4, -0.2) is 39.5 Å². The van der Waals surface area contributed by atoms with Gasteiger partial charge in [0, 0.05) is 11.4 Å². The summed E-state index contributed by atoms with van der Waals surface area (Å²) in [4.78, 5) is 26.4. The molecular formula is C26H30N4O4S2. The molecule has 1 aliphatic carbocycles. The number of thioether (sulfide) groups is 1. The first-order valence-electron chi connectivity index (χ1n) is 11.8. The molecular weight excluding hydrogens is 496 g/mol. The number of hydrogen-bond donors (Lipinski definition) is 1. The van der Waals surface area contributed by atoms with Crippen molar-refractivity contribution in [1.82, 2.24) is 14.8 Å². The number of nitrogens with one attached hydrogen (secondary N) is 1. The number of rotatable bonds is 10. The maximum Gasteiger partial charge on any atom is 0.341 e. The second kappa shape index (κ2) is 11.7. The summed E-state index contributed by atoms with van der Waals surface area (Å²) in [5.74, 6) is 0.919. The number of ether oxygens (including phenoxy) is 2. The number of nitrogens with zero attached hydrogens (tertiary/aromatic N) is 3. The number of fused-ring (bicyclic) bond motifs is 1. The lowest BCUT2D eigenvalue weighted by Gasteiger charge is -2.12. The first-order valence-corrected chi connectivity index (χ1v) is 13.6. The van der Waals surface area contributed by atoms with Crippen molar-refractivity contribution in [1.29, 1.82) is 0 Å². The first-order chi connectivity index (χ1) is 17.4. The summed E-state index contributed by atoms with van der Waals surface area (Å²) in [7, 11) is 1.37. The molecule has 0 spiro atoms. The number of thiophene rings is 1. The zero-order valence-corrected chi connectivity index (χ0v) is 22.4. The molecule has 4 rings (SSSR count). The number of carbonyl (C=O) groups is 2. The molecule has 0 saturated carbocycles. The van der Waals surface area contributed by atoms with Crippen LogP contribution < -0.4 is 10.1 Å². The predicted molar refractivity (Wildman–Crippen MR) is 142 cm³/mol. The Hall–Kier alpha value is -3.11. The van der Waals surface area contributed by atoms with Crippen molar-refractivity contribution in [3.63, 3.8) is 0 Å². The van der Waals surface area contributed by atoms with Crippen LogP contribution in [0.15, 0.2) is 36.0 Å². The topological polar surface area (TPSA) is 95.3 Å². The third kappa shape index (κ3) is 5.99. The fourth-order valence-electron chi connectivity index (χ4n) is 4.27. The molecule has 36 heavy (non-hydrogen) atoms. The van der Waals surface area contributed by atoms with Crippen LogP contribution in [-0.2, 0) is 35.5 Å². The summed E-state index contributed by atoms with van der Waals surface area (Å²) in [6, 6.07) is 6.05. The van der Waals surface area contributed by atoms with Gasteiger partial charge >= 0.3 is 5.97 Å². The Kier molecular flexibility index (Phi) is 8.48. The summed E-state index contributed by atoms with van der Waals surface area (Å²) >= 11 is 2.75. The molecule has 2 aromatic heterocycles. The summed E-state index contributed by atoms with van der Waals surface area (Å²) in [5.41, 5.74) is 3.76. The first kappa shape index (κ1) is 26.0. The van der Waals surface area contributed by atoms with E-state index in [0.29, 0.717) is 28.1 Å². The van der Waals surface area contributed by atoms with Gasteiger partial charge < -0.3 is 14.8 Å². The van der Waals surface area contributed by atoms with Gasteiger partial charge in [0.1, 0.15) is 17.4 Å². The third-order valence-corrected chi connectivity index (χ3v) is 7.99. The van der Waals surface area contributed by atoms with Crippen LogP contribution in [0.25, 0.3) is 0 Å². The maximum atomic E-state index is 12.8. The highest BCUT2D eigenvalue weighted by Crippen LogP contribution is 2.38. The highest BCUT2D eigenvalue weighted by atomic mass is 32.2. The van der Waals surface area contributed by atoms with Crippen molar-refractivity contribution in [3.05, 3.63) is 63.8 Å². The fourth-order valence-corrected chi connectivity index (χ4v) is 6.33. The van der Waals surface area contributed by atoms with E-state index < -0.39 is 5.97 Å². The molecule has 0 radical (unpaired) electrons. The van der Waals surface area contributed by atoms with Crippen molar-refractivity contribution in [2.75, 3.05) is 18.2 Å². The van der Waals surface area contributed by atoms with Gasteiger partial charge in [0.15, 0.2) is 11.0 Å². The number of benzene rings is 1. The number of allylic oxidation sites excluding steroid dienone is 1. The van der Waals surface area contributed by atoms with Crippen molar-refractivity contribution in [3.8, 4) is 5.75 Å². The van der Waals surface area contributed by atoms with Gasteiger partial charge in [-0.25, -0.2) is 4.79 Å². The molecule has 190 valence electrons. The van der Waals surface area contributed by atoms with Gasteiger partial charge in [0.05, 0.1) is 18.4 Å². The van der Waals surface area contributed by atoms with Gasteiger partial charge in [-0.2, -0.15) is 0 Å². The predicted octanol–water partition coefficient (Wildman–Crippen LogP) is 5.12. The standard InChI is InChI=1S/C26H30N4O4S2/c1-5-10-30-21(14-34-18-12-16(2)11-17(3)13-18)28-29-26(30)35-15-22(31)27-24-23(25(32)33-4)19-8-6-7-9-20(19)36-24/h5,11-13H,1,6-10,14-15H2,2-4H3,(H,27,31). The van der Waals surface area contributed by atoms with E-state index in [0.717, 1.165) is 53.0 Å². The number of anilines is 1. The second-order valence-electron chi connectivity index (χ2n) is 8.65. The lowest BCUT2D eigenvalue weighted by Crippen LogP contribution is -2.17. The minimum atomic E-state index is -0.406. The molecule has 1 amide bonds. The van der Waals surface area contributed by atoms with Crippen LogP contribution >= 0.6 is 23.1 Å². The summed E-state index contributed by atoms with van der Waals surface area (Å²) < 4.78 is 12.8. The molecule has 0 saturated heterocycles. The number of amides is 1. The van der Waals surface area contributed by atoms with E-state index in [1.54, 1.807) is 6.08 Å². The Morgan fingerprint density at radius 3 is 2.67 bits per heavy atom. The van der Waals surface area contributed by atoms with Crippen LogP contribution in [0.5, 0.6) is 5.75 Å². The van der Waals surface area contributed by atoms with Crippen LogP contribution in [0.3, 0.4) is 0 Å². The zero-order valence-electron chi connectivity index (χ0n) is 20.8. The number of hydrogen-bond acceptors (Lipinski definition) is 8. The monoisotopic (exact) mass is 526 g/mol. The highest BCUT2D eigenvalue weighted by Gasteiger charge is 2.27. The maximum absolute atomic E-state index is 12.8. The molecule has 2 heterocycles. The smallest absolute Gasteiger partial charge is 0.341 e. The minimum absolute atomic E-state index is 0.121. The molecule has 1 aromatic carbocycles. The van der Waals surface area contributed by atoms with E-state index in [4.69, 9.17) is 9.47 Å². The van der Waals surface area contributed by atoms with E-state index in [1.165, 1.54) is 30.2 Å². The molecule has 0 aliphatic heterocycles. The minimum Gasteiger partial charge on any atom is -0.486 e. The largest absolute Gasteiger partial charge is 0.486 e. The van der Waals surface area contributed by atoms with Crippen LogP contribution in [0, 0.1) is 13.8 Å². The summed E-state index contributed by atoms with van der Waals surface area (Å²) in [6.07, 6.45) is 5.63. The van der Waals surface area contributed by atoms with Gasteiger partial charge in [-0.3, -0.25) is 9.36 Å². The highest BCUT2D eigenvalue weighted by molar-refractivity contribution is 7.99. The SMILES string of the molecule is C=CCn1c(COc2cc(C)cc(C)c2)nnc1SCC(=O)Nc1sc2c(c1C(=O)OC)CCCC2. The Morgan fingerprint density at radius 2 is 1.94 bits per heavy atom. The molecule has 1 aliphatic rings. The molecule has 8 nitrogen and oxygen atoms in total. The van der Waals surface area contributed by atoms with Crippen LogP contribution in [0.2, 0.25) is 0 Å². The number of esters is 1. The van der Waals surface area contributed by atoms with Gasteiger partial charge in [0.2, 0.25) is 5.91 Å². The molecule has 1 N–H and O–H groups in total. The lowest BCUT2D eigenvalue weighted by atomic mass is 9.95. The Morgan fingerprint density at radius 1 is 1.19 bits per heavy atom. The van der Waals surface area contributed by atoms with Gasteiger partial charge in [-0.15, -0.1) is 28.1 Å². The zero-order chi connectivity index (χ0) is 25.7. The normalized spacial score (nSPS) is 12.6. The van der Waals surface area contributed by atoms with Crippen LogP contribution in [0.1, 0.15) is 50.6 Å². The second-order valence-corrected chi connectivity index (χ2v) is 10.7. The quantitative estimate of drug-likeness (QED) is 0.223. The molecule has 0 atom stereocenters. The number of aryl methyl sites for hydroxylation is 3. The van der Waals surface area contributed by atoms with Crippen LogP contribution in [0.4, 0.5) is 5.00 Å². The van der Waals surface area contributed by atoms with Crippen molar-refractivity contribution < 1.29 is 19.1 Å². The van der Waals surface area contributed by atoms with Crippen molar-refractivity contribution in [2.45, 2.75) is 57.8 Å². The van der Waals surface area contributed by atoms with Gasteiger partial charge in [-0.1, -0.05) is 23.9 Å². The third-order valence-electron chi connectivity index (χ3n) is 5.81. The Labute approximate surface area is 219 Å². The number of aromatic nitrogens is 3. The summed E-state index contributed by atoms with van der Waals surface area (Å²) in [5, 5.41) is 12.6. The molecule has 0 unspecified atom stereocenters. The van der Waals surface area contributed by atoms with Crippen molar-refractivity contribution in [2.24, 2.45) is 0 Å². The molecule has 0 bridgehead atoms. The van der Waals surface area contributed by atoms with Crippen molar-refractivity contribution >= 4 is 40.0 Å². The average Bonchev–Trinajstić information content (AvgIpc) is 3.41. The van der Waals surface area contributed by atoms with E-state index in [1.807, 2.05) is 30.5 Å². The van der Waals surface area contributed by atoms with Gasteiger partial charge in [-0.05, 0) is 68.4 Å². The Bertz CT molecular complexity index is 1260. The van der Waals surface area contributed by atoms with E-state index in [2.05, 4.69) is 28.2 Å².